The molecule has 0 spiro atoms. The molecule has 3 N–H and O–H groups in total. The van der Waals surface area contributed by atoms with E-state index in [1.165, 1.54) is 6.42 Å². The molecule has 4 heterocycles. The van der Waals surface area contributed by atoms with E-state index >= 15 is 0 Å². The van der Waals surface area contributed by atoms with Crippen LogP contribution in [0.25, 0.3) is 0 Å². The van der Waals surface area contributed by atoms with Gasteiger partial charge in [0.2, 0.25) is 0 Å². The third kappa shape index (κ3) is 2.96. The average Bonchev–Trinajstić information content (AvgIpc) is 2.66. The molecule has 0 aromatic heterocycles. The molecule has 2 bridgehead atoms. The van der Waals surface area contributed by atoms with Crippen LogP contribution in [-0.2, 0) is 0 Å². The number of hydrogen-bond donors (Lipinski definition) is 3. The Morgan fingerprint density at radius 2 is 2.08 bits per heavy atom. The SMILES string of the molecule is C=C[C@H]1CN2CCC1CC2[C@@H](O)C1CCNC2CCC(CO)CC21. The van der Waals surface area contributed by atoms with Gasteiger partial charge in [0.1, 0.15) is 0 Å². The van der Waals surface area contributed by atoms with Gasteiger partial charge in [0.05, 0.1) is 6.10 Å². The van der Waals surface area contributed by atoms with Crippen molar-refractivity contribution < 1.29 is 10.2 Å². The molecule has 0 aromatic rings. The molecule has 0 aromatic carbocycles. The smallest absolute Gasteiger partial charge is 0.0727 e. The lowest BCUT2D eigenvalue weighted by molar-refractivity contribution is -0.0890. The summed E-state index contributed by atoms with van der Waals surface area (Å²) in [7, 11) is 0. The minimum absolute atomic E-state index is 0.203. The number of nitrogens with one attached hydrogen (secondary N) is 1. The molecule has 5 rings (SSSR count). The van der Waals surface area contributed by atoms with E-state index in [0.717, 1.165) is 57.7 Å². The summed E-state index contributed by atoms with van der Waals surface area (Å²) >= 11 is 0. The Balaban J connectivity index is 1.47. The summed E-state index contributed by atoms with van der Waals surface area (Å²) in [6, 6.07) is 0.899. The molecule has 4 heteroatoms. The summed E-state index contributed by atoms with van der Waals surface area (Å²) in [5, 5.41) is 24.6. The van der Waals surface area contributed by atoms with Gasteiger partial charge in [-0.25, -0.2) is 0 Å². The number of aliphatic hydroxyl groups excluding tert-OH is 2. The topological polar surface area (TPSA) is 55.7 Å². The van der Waals surface area contributed by atoms with Gasteiger partial charge in [-0.2, -0.15) is 0 Å². The van der Waals surface area contributed by atoms with E-state index in [0.29, 0.717) is 42.4 Å². The quantitative estimate of drug-likeness (QED) is 0.684. The van der Waals surface area contributed by atoms with Crippen molar-refractivity contribution in [3.8, 4) is 0 Å². The third-order valence-electron chi connectivity index (χ3n) is 7.69. The second-order valence-corrected chi connectivity index (χ2v) is 8.78. The largest absolute Gasteiger partial charge is 0.396 e. The van der Waals surface area contributed by atoms with Gasteiger partial charge in [-0.3, -0.25) is 4.90 Å². The van der Waals surface area contributed by atoms with E-state index in [9.17, 15) is 10.2 Å². The molecule has 24 heavy (non-hydrogen) atoms. The van der Waals surface area contributed by atoms with E-state index in [1.807, 2.05) is 0 Å². The molecule has 9 atom stereocenters. The molecule has 5 aliphatic rings. The van der Waals surface area contributed by atoms with E-state index in [2.05, 4.69) is 22.9 Å². The summed E-state index contributed by atoms with van der Waals surface area (Å²) in [5.41, 5.74) is 0. The Morgan fingerprint density at radius 3 is 2.79 bits per heavy atom. The van der Waals surface area contributed by atoms with Crippen LogP contribution in [0.1, 0.15) is 38.5 Å². The van der Waals surface area contributed by atoms with Crippen molar-refractivity contribution >= 4 is 0 Å². The van der Waals surface area contributed by atoms with E-state index in [-0.39, 0.29) is 6.10 Å². The first kappa shape index (κ1) is 17.0. The highest BCUT2D eigenvalue weighted by molar-refractivity contribution is 5.04. The van der Waals surface area contributed by atoms with Crippen LogP contribution in [-0.4, -0.2) is 59.5 Å². The summed E-state index contributed by atoms with van der Waals surface area (Å²) in [5.74, 6) is 2.72. The van der Waals surface area contributed by atoms with Gasteiger partial charge in [-0.15, -0.1) is 6.58 Å². The maximum absolute atomic E-state index is 11.3. The molecule has 136 valence electrons. The first-order valence-corrected chi connectivity index (χ1v) is 10.1. The van der Waals surface area contributed by atoms with Crippen LogP contribution < -0.4 is 5.32 Å². The number of aliphatic hydroxyl groups is 2. The molecular weight excluding hydrogens is 300 g/mol. The number of hydrogen-bond acceptors (Lipinski definition) is 4. The normalized spacial score (nSPS) is 49.4. The van der Waals surface area contributed by atoms with Crippen molar-refractivity contribution in [2.24, 2.45) is 29.6 Å². The molecule has 4 saturated heterocycles. The third-order valence-corrected chi connectivity index (χ3v) is 7.69. The molecular formula is C20H34N2O2. The average molecular weight is 335 g/mol. The Hall–Kier alpha value is -0.420. The van der Waals surface area contributed by atoms with Crippen molar-refractivity contribution in [3.63, 3.8) is 0 Å². The summed E-state index contributed by atoms with van der Waals surface area (Å²) in [6.07, 6.45) is 8.80. The number of nitrogens with zero attached hydrogens (tertiary/aromatic N) is 1. The van der Waals surface area contributed by atoms with E-state index in [1.54, 1.807) is 0 Å². The fourth-order valence-electron chi connectivity index (χ4n) is 6.28. The summed E-state index contributed by atoms with van der Waals surface area (Å²) < 4.78 is 0. The molecule has 1 aliphatic carbocycles. The Kier molecular flexibility index (Phi) is 5.01. The van der Waals surface area contributed by atoms with Gasteiger partial charge in [0.25, 0.3) is 0 Å². The van der Waals surface area contributed by atoms with E-state index < -0.39 is 0 Å². The monoisotopic (exact) mass is 334 g/mol. The second-order valence-electron chi connectivity index (χ2n) is 8.78. The van der Waals surface area contributed by atoms with Gasteiger partial charge >= 0.3 is 0 Å². The second kappa shape index (κ2) is 7.06. The van der Waals surface area contributed by atoms with Crippen molar-refractivity contribution in [1.82, 2.24) is 10.2 Å². The number of rotatable bonds is 4. The summed E-state index contributed by atoms with van der Waals surface area (Å²) in [4.78, 5) is 2.54. The van der Waals surface area contributed by atoms with Crippen LogP contribution in [0.4, 0.5) is 0 Å². The first-order chi connectivity index (χ1) is 11.7. The lowest BCUT2D eigenvalue weighted by Gasteiger charge is -2.54. The minimum Gasteiger partial charge on any atom is -0.396 e. The summed E-state index contributed by atoms with van der Waals surface area (Å²) in [6.45, 7) is 7.60. The highest BCUT2D eigenvalue weighted by Crippen LogP contribution is 2.44. The fraction of sp³-hybridized carbons (Fsp3) is 0.900. The van der Waals surface area contributed by atoms with Crippen molar-refractivity contribution in [2.75, 3.05) is 26.2 Å². The van der Waals surface area contributed by atoms with Crippen LogP contribution in [0.15, 0.2) is 12.7 Å². The maximum Gasteiger partial charge on any atom is 0.0727 e. The van der Waals surface area contributed by atoms with Crippen molar-refractivity contribution in [2.45, 2.75) is 56.7 Å². The molecule has 5 fully saturated rings. The standard InChI is InChI=1S/C20H34N2O2/c1-2-14-11-22-8-6-15(14)10-19(22)20(24)16-5-7-21-18-4-3-13(12-23)9-17(16)18/h2,13-21,23-24H,1,3-12H2/t13?,14-,15?,16?,17?,18?,19?,20-/m0/s1. The lowest BCUT2D eigenvalue weighted by atomic mass is 9.65. The minimum atomic E-state index is -0.203. The van der Waals surface area contributed by atoms with Gasteiger partial charge < -0.3 is 15.5 Å². The highest BCUT2D eigenvalue weighted by atomic mass is 16.3. The lowest BCUT2D eigenvalue weighted by Crippen LogP contribution is -2.61. The zero-order valence-corrected chi connectivity index (χ0v) is 14.8. The first-order valence-electron chi connectivity index (χ1n) is 10.1. The van der Waals surface area contributed by atoms with Crippen LogP contribution in [0.3, 0.4) is 0 Å². The molecule has 0 radical (unpaired) electrons. The van der Waals surface area contributed by atoms with E-state index in [4.69, 9.17) is 0 Å². The fourth-order valence-corrected chi connectivity index (χ4v) is 6.28. The van der Waals surface area contributed by atoms with Crippen molar-refractivity contribution in [1.29, 1.82) is 0 Å². The predicted octanol–water partition coefficient (Wildman–Crippen LogP) is 1.63. The zero-order chi connectivity index (χ0) is 16.7. The Bertz CT molecular complexity index is 457. The van der Waals surface area contributed by atoms with Gasteiger partial charge in [-0.05, 0) is 81.2 Å². The van der Waals surface area contributed by atoms with Gasteiger partial charge in [0.15, 0.2) is 0 Å². The molecule has 7 unspecified atom stereocenters. The highest BCUT2D eigenvalue weighted by Gasteiger charge is 2.47. The zero-order valence-electron chi connectivity index (χ0n) is 14.8. The van der Waals surface area contributed by atoms with Gasteiger partial charge in [-0.1, -0.05) is 6.08 Å². The maximum atomic E-state index is 11.3. The molecule has 4 aliphatic heterocycles. The molecule has 4 nitrogen and oxygen atoms in total. The van der Waals surface area contributed by atoms with Crippen molar-refractivity contribution in [3.05, 3.63) is 12.7 Å². The van der Waals surface area contributed by atoms with Crippen LogP contribution in [0, 0.1) is 29.6 Å². The van der Waals surface area contributed by atoms with Gasteiger partial charge in [0, 0.05) is 25.2 Å². The Labute approximate surface area is 146 Å². The molecule has 1 saturated carbocycles. The van der Waals surface area contributed by atoms with Crippen LogP contribution >= 0.6 is 0 Å². The molecule has 0 amide bonds. The predicted molar refractivity (Wildman–Crippen MR) is 95.6 cm³/mol. The van der Waals surface area contributed by atoms with Crippen LogP contribution in [0.2, 0.25) is 0 Å². The van der Waals surface area contributed by atoms with Crippen LogP contribution in [0.5, 0.6) is 0 Å². The Morgan fingerprint density at radius 1 is 1.21 bits per heavy atom. The number of piperidine rings is 4. The number of fused-ring (bicyclic) bond motifs is 4.